The second kappa shape index (κ2) is 10.3. The molecule has 5 heteroatoms. The molecule has 5 nitrogen and oxygen atoms in total. The van der Waals surface area contributed by atoms with Crippen LogP contribution in [0.2, 0.25) is 0 Å². The third-order valence-electron chi connectivity index (χ3n) is 6.00. The highest BCUT2D eigenvalue weighted by Crippen LogP contribution is 2.28. The molecule has 0 N–H and O–H groups in total. The van der Waals surface area contributed by atoms with Crippen molar-refractivity contribution in [3.63, 3.8) is 0 Å². The van der Waals surface area contributed by atoms with E-state index in [-0.39, 0.29) is 25.1 Å². The first-order chi connectivity index (χ1) is 16.0. The number of carbonyl (C=O) groups is 2. The van der Waals surface area contributed by atoms with E-state index in [1.54, 1.807) is 7.05 Å². The van der Waals surface area contributed by atoms with Crippen LogP contribution in [0.4, 0.5) is 0 Å². The fourth-order valence-electron chi connectivity index (χ4n) is 4.15. The molecular formula is C28H28N2O3. The predicted octanol–water partition coefficient (Wildman–Crippen LogP) is 4.00. The minimum atomic E-state index is -0.748. The van der Waals surface area contributed by atoms with E-state index in [9.17, 15) is 9.59 Å². The molecule has 4 rings (SSSR count). The van der Waals surface area contributed by atoms with E-state index in [1.165, 1.54) is 4.90 Å². The number of esters is 1. The molecule has 0 radical (unpaired) electrons. The average molecular weight is 441 g/mol. The molecule has 3 aromatic rings. The number of rotatable bonds is 6. The van der Waals surface area contributed by atoms with Crippen LogP contribution in [-0.2, 0) is 20.9 Å². The maximum absolute atomic E-state index is 13.3. The lowest BCUT2D eigenvalue weighted by atomic mass is 9.92. The molecule has 0 aromatic heterocycles. The molecule has 1 amide bonds. The molecule has 0 aliphatic carbocycles. The molecule has 1 aliphatic heterocycles. The Morgan fingerprint density at radius 1 is 0.879 bits per heavy atom. The molecule has 1 fully saturated rings. The zero-order valence-corrected chi connectivity index (χ0v) is 18.9. The molecule has 2 atom stereocenters. The maximum atomic E-state index is 13.3. The lowest BCUT2D eigenvalue weighted by Crippen LogP contribution is -2.62. The number of nitrogens with zero attached hydrogens (tertiary/aromatic N) is 2. The van der Waals surface area contributed by atoms with Gasteiger partial charge in [0.25, 0.3) is 0 Å². The average Bonchev–Trinajstić information content (AvgIpc) is 2.85. The molecule has 0 unspecified atom stereocenters. The van der Waals surface area contributed by atoms with Gasteiger partial charge < -0.3 is 9.64 Å². The van der Waals surface area contributed by atoms with Crippen molar-refractivity contribution < 1.29 is 14.3 Å². The van der Waals surface area contributed by atoms with Crippen molar-refractivity contribution in [2.24, 2.45) is 0 Å². The third kappa shape index (κ3) is 5.21. The van der Waals surface area contributed by atoms with Gasteiger partial charge in [0.15, 0.2) is 0 Å². The molecule has 3 aromatic carbocycles. The highest BCUT2D eigenvalue weighted by Gasteiger charge is 2.42. The second-order valence-electron chi connectivity index (χ2n) is 8.26. The van der Waals surface area contributed by atoms with Crippen LogP contribution in [0.1, 0.15) is 16.7 Å². The third-order valence-corrected chi connectivity index (χ3v) is 6.00. The summed E-state index contributed by atoms with van der Waals surface area (Å²) in [6.45, 7) is 0.402. The Bertz CT molecular complexity index is 1070. The summed E-state index contributed by atoms with van der Waals surface area (Å²) in [7, 11) is 3.55. The summed E-state index contributed by atoms with van der Waals surface area (Å²) < 4.78 is 5.67. The number of likely N-dealkylation sites (N-methyl/N-ethyl adjacent to an activating group) is 2. The fraction of sp³-hybridized carbons (Fsp3) is 0.214. The molecule has 1 heterocycles. The van der Waals surface area contributed by atoms with Crippen LogP contribution in [-0.4, -0.2) is 54.4 Å². The Kier molecular flexibility index (Phi) is 7.01. The topological polar surface area (TPSA) is 49.9 Å². The van der Waals surface area contributed by atoms with Gasteiger partial charge in [0.2, 0.25) is 5.91 Å². The largest absolute Gasteiger partial charge is 0.459 e. The van der Waals surface area contributed by atoms with E-state index in [0.717, 1.165) is 22.3 Å². The normalized spacial score (nSPS) is 18.6. The quantitative estimate of drug-likeness (QED) is 0.544. The highest BCUT2D eigenvalue weighted by atomic mass is 16.5. The summed E-state index contributed by atoms with van der Waals surface area (Å²) >= 11 is 0. The highest BCUT2D eigenvalue weighted by molar-refractivity contribution is 5.89. The van der Waals surface area contributed by atoms with E-state index in [1.807, 2.05) is 78.7 Å². The summed E-state index contributed by atoms with van der Waals surface area (Å²) in [5.41, 5.74) is 4.02. The number of hydrogen-bond donors (Lipinski definition) is 0. The lowest BCUT2D eigenvalue weighted by molar-refractivity contribution is -0.161. The van der Waals surface area contributed by atoms with Crippen molar-refractivity contribution in [3.8, 4) is 0 Å². The molecule has 33 heavy (non-hydrogen) atoms. The van der Waals surface area contributed by atoms with E-state index in [0.29, 0.717) is 0 Å². The van der Waals surface area contributed by atoms with Gasteiger partial charge in [0, 0.05) is 7.05 Å². The van der Waals surface area contributed by atoms with Crippen molar-refractivity contribution in [1.29, 1.82) is 0 Å². The summed E-state index contributed by atoms with van der Waals surface area (Å²) in [4.78, 5) is 29.3. The van der Waals surface area contributed by atoms with Gasteiger partial charge in [0.1, 0.15) is 12.6 Å². The van der Waals surface area contributed by atoms with E-state index in [4.69, 9.17) is 4.74 Å². The Morgan fingerprint density at radius 3 is 1.94 bits per heavy atom. The van der Waals surface area contributed by atoms with E-state index in [2.05, 4.69) is 30.3 Å². The van der Waals surface area contributed by atoms with Crippen LogP contribution in [0, 0.1) is 0 Å². The first-order valence-corrected chi connectivity index (χ1v) is 11.0. The van der Waals surface area contributed by atoms with Gasteiger partial charge in [-0.1, -0.05) is 97.1 Å². The Morgan fingerprint density at radius 2 is 1.39 bits per heavy atom. The van der Waals surface area contributed by atoms with Crippen LogP contribution < -0.4 is 0 Å². The van der Waals surface area contributed by atoms with Gasteiger partial charge in [-0.3, -0.25) is 9.69 Å². The van der Waals surface area contributed by atoms with Gasteiger partial charge >= 0.3 is 5.97 Å². The zero-order valence-electron chi connectivity index (χ0n) is 18.9. The smallest absolute Gasteiger partial charge is 0.331 e. The minimum Gasteiger partial charge on any atom is -0.459 e. The standard InChI is InChI=1S/C28H28N2O3/c1-29-19-26(31)30(2)27(28(32)33-20-21-12-6-3-7-13-21)25(29)18-24(22-14-8-4-9-15-22)23-16-10-5-11-17-23/h3-18,25,27H,19-20H2,1-2H3/t25-,27-/m1/s1. The van der Waals surface area contributed by atoms with Crippen molar-refractivity contribution in [2.45, 2.75) is 18.7 Å². The summed E-state index contributed by atoms with van der Waals surface area (Å²) in [6.07, 6.45) is 2.09. The second-order valence-corrected chi connectivity index (χ2v) is 8.26. The number of hydrogen-bond acceptors (Lipinski definition) is 4. The maximum Gasteiger partial charge on any atom is 0.331 e. The van der Waals surface area contributed by atoms with Crippen LogP contribution in [0.3, 0.4) is 0 Å². The first kappa shape index (κ1) is 22.5. The Balaban J connectivity index is 1.70. The van der Waals surface area contributed by atoms with E-state index < -0.39 is 12.0 Å². The van der Waals surface area contributed by atoms with Crippen LogP contribution in [0.5, 0.6) is 0 Å². The van der Waals surface area contributed by atoms with Crippen LogP contribution in [0.15, 0.2) is 97.1 Å². The number of ether oxygens (including phenoxy) is 1. The number of piperazine rings is 1. The summed E-state index contributed by atoms with van der Waals surface area (Å²) in [5.74, 6) is -0.521. The Hall–Kier alpha value is -3.70. The van der Waals surface area contributed by atoms with Gasteiger partial charge in [-0.15, -0.1) is 0 Å². The van der Waals surface area contributed by atoms with Crippen molar-refractivity contribution in [2.75, 3.05) is 20.6 Å². The molecule has 0 bridgehead atoms. The lowest BCUT2D eigenvalue weighted by Gasteiger charge is -2.42. The SMILES string of the molecule is CN1CC(=O)N(C)[C@@H](C(=O)OCc2ccccc2)[C@H]1C=C(c1ccccc1)c1ccccc1. The number of benzene rings is 3. The predicted molar refractivity (Wildman–Crippen MR) is 129 cm³/mol. The van der Waals surface area contributed by atoms with Crippen LogP contribution >= 0.6 is 0 Å². The van der Waals surface area contributed by atoms with Crippen molar-refractivity contribution in [3.05, 3.63) is 114 Å². The monoisotopic (exact) mass is 440 g/mol. The van der Waals surface area contributed by atoms with Gasteiger partial charge in [-0.2, -0.15) is 0 Å². The van der Waals surface area contributed by atoms with Crippen molar-refractivity contribution >= 4 is 17.4 Å². The van der Waals surface area contributed by atoms with Crippen molar-refractivity contribution in [1.82, 2.24) is 9.80 Å². The summed E-state index contributed by atoms with van der Waals surface area (Å²) in [6, 6.07) is 28.6. The first-order valence-electron chi connectivity index (χ1n) is 11.0. The molecule has 1 saturated heterocycles. The molecule has 1 aliphatic rings. The number of carbonyl (C=O) groups excluding carboxylic acids is 2. The summed E-state index contributed by atoms with van der Waals surface area (Å²) in [5, 5.41) is 0. The van der Waals surface area contributed by atoms with E-state index >= 15 is 0 Å². The fourth-order valence-corrected chi connectivity index (χ4v) is 4.15. The van der Waals surface area contributed by atoms with Gasteiger partial charge in [-0.05, 0) is 29.3 Å². The molecule has 0 spiro atoms. The zero-order chi connectivity index (χ0) is 23.2. The minimum absolute atomic E-state index is 0.107. The van der Waals surface area contributed by atoms with Gasteiger partial charge in [-0.25, -0.2) is 4.79 Å². The van der Waals surface area contributed by atoms with Gasteiger partial charge in [0.05, 0.1) is 12.6 Å². The Labute approximate surface area is 194 Å². The van der Waals surface area contributed by atoms with Crippen LogP contribution in [0.25, 0.3) is 5.57 Å². The number of amides is 1. The molecule has 168 valence electrons. The molecule has 0 saturated carbocycles. The molecular weight excluding hydrogens is 412 g/mol.